The minimum atomic E-state index is -3.29. The molecular formula is C17H16Cl4Zr. The molecule has 0 spiro atoms. The fourth-order valence-corrected chi connectivity index (χ4v) is 2.59. The molecule has 5 heteroatoms. The van der Waals surface area contributed by atoms with E-state index in [4.69, 9.17) is 34.1 Å². The molecule has 22 heavy (non-hydrogen) atoms. The van der Waals surface area contributed by atoms with E-state index in [0.29, 0.717) is 5.92 Å². The monoisotopic (exact) mass is 450 g/mol. The Morgan fingerprint density at radius 1 is 0.864 bits per heavy atom. The summed E-state index contributed by atoms with van der Waals surface area (Å²) in [6.07, 6.45) is 2.34. The van der Waals surface area contributed by atoms with Crippen molar-refractivity contribution in [1.82, 2.24) is 0 Å². The van der Waals surface area contributed by atoms with Crippen LogP contribution in [0, 0.1) is 0 Å². The fourth-order valence-electron chi connectivity index (χ4n) is 2.59. The molecule has 0 fully saturated rings. The van der Waals surface area contributed by atoms with Gasteiger partial charge in [0, 0.05) is 5.92 Å². The number of benzene rings is 2. The third-order valence-corrected chi connectivity index (χ3v) is 3.75. The summed E-state index contributed by atoms with van der Waals surface area (Å²) in [7, 11) is 20.1. The zero-order chi connectivity index (χ0) is 16.3. The van der Waals surface area contributed by atoms with E-state index < -0.39 is 15.5 Å². The van der Waals surface area contributed by atoms with Crippen LogP contribution in [0.5, 0.6) is 0 Å². The number of fused-ring (bicyclic) bond motifs is 1. The molecule has 1 unspecified atom stereocenters. The molecule has 1 aliphatic carbocycles. The fraction of sp³-hybridized carbons (Fsp3) is 0.176. The van der Waals surface area contributed by atoms with Crippen LogP contribution in [0.4, 0.5) is 0 Å². The van der Waals surface area contributed by atoms with Crippen molar-refractivity contribution < 1.29 is 15.5 Å². The second-order valence-electron chi connectivity index (χ2n) is 5.21. The van der Waals surface area contributed by atoms with Crippen LogP contribution in [-0.2, 0) is 15.5 Å². The summed E-state index contributed by atoms with van der Waals surface area (Å²) < 4.78 is 0. The van der Waals surface area contributed by atoms with Crippen LogP contribution in [-0.4, -0.2) is 0 Å². The third kappa shape index (κ3) is 5.11. The van der Waals surface area contributed by atoms with Crippen molar-refractivity contribution in [3.8, 4) is 11.1 Å². The summed E-state index contributed by atoms with van der Waals surface area (Å²) in [5, 5.41) is 0. The van der Waals surface area contributed by atoms with E-state index in [-0.39, 0.29) is 0 Å². The number of halogens is 4. The first-order chi connectivity index (χ1) is 10.3. The molecule has 0 N–H and O–H groups in total. The maximum absolute atomic E-state index is 5.04. The maximum atomic E-state index is 5.04. The van der Waals surface area contributed by atoms with Crippen LogP contribution in [0.25, 0.3) is 17.2 Å². The van der Waals surface area contributed by atoms with Crippen LogP contribution in [0.2, 0.25) is 0 Å². The first kappa shape index (κ1) is 18.6. The van der Waals surface area contributed by atoms with Crippen molar-refractivity contribution in [2.75, 3.05) is 0 Å². The molecule has 1 aliphatic rings. The molecule has 0 bridgehead atoms. The SMILES string of the molecule is CC1=Cc2c(-c3ccccc3)cccc2C1C.[Cl][Zr]([Cl])([Cl])[Cl]. The molecule has 0 aromatic heterocycles. The van der Waals surface area contributed by atoms with Gasteiger partial charge in [-0.3, -0.25) is 0 Å². The molecule has 0 saturated heterocycles. The van der Waals surface area contributed by atoms with Crippen molar-refractivity contribution in [3.05, 3.63) is 65.2 Å². The van der Waals surface area contributed by atoms with Crippen molar-refractivity contribution in [2.24, 2.45) is 0 Å². The van der Waals surface area contributed by atoms with Crippen LogP contribution in [0.3, 0.4) is 0 Å². The first-order valence-corrected chi connectivity index (χ1v) is 19.6. The van der Waals surface area contributed by atoms with E-state index in [9.17, 15) is 0 Å². The minimum absolute atomic E-state index is 0.564. The Labute approximate surface area is 150 Å². The Morgan fingerprint density at radius 2 is 1.45 bits per heavy atom. The summed E-state index contributed by atoms with van der Waals surface area (Å²) in [6.45, 7) is 4.51. The van der Waals surface area contributed by atoms with Crippen LogP contribution < -0.4 is 0 Å². The van der Waals surface area contributed by atoms with Gasteiger partial charge in [0.15, 0.2) is 0 Å². The van der Waals surface area contributed by atoms with E-state index in [0.717, 1.165) is 0 Å². The normalized spacial score (nSPS) is 16.5. The predicted molar refractivity (Wildman–Crippen MR) is 97.4 cm³/mol. The molecule has 116 valence electrons. The van der Waals surface area contributed by atoms with Crippen LogP contribution in [0.1, 0.15) is 30.9 Å². The number of hydrogen-bond donors (Lipinski definition) is 0. The Balaban J connectivity index is 0.000000309. The van der Waals surface area contributed by atoms with E-state index >= 15 is 0 Å². The van der Waals surface area contributed by atoms with E-state index in [1.165, 1.54) is 27.8 Å². The number of rotatable bonds is 1. The van der Waals surface area contributed by atoms with Gasteiger partial charge in [-0.1, -0.05) is 67.1 Å². The Bertz CT molecular complexity index is 669. The Morgan fingerprint density at radius 3 is 2.05 bits per heavy atom. The molecule has 1 atom stereocenters. The van der Waals surface area contributed by atoms with Crippen molar-refractivity contribution in [2.45, 2.75) is 19.8 Å². The third-order valence-electron chi connectivity index (χ3n) is 3.75. The zero-order valence-electron chi connectivity index (χ0n) is 12.3. The molecule has 0 heterocycles. The summed E-state index contributed by atoms with van der Waals surface area (Å²) in [5.41, 5.74) is 6.99. The molecule has 0 aliphatic heterocycles. The van der Waals surface area contributed by atoms with Crippen molar-refractivity contribution in [1.29, 1.82) is 0 Å². The zero-order valence-corrected chi connectivity index (χ0v) is 17.8. The van der Waals surface area contributed by atoms with E-state index in [1.54, 1.807) is 0 Å². The summed E-state index contributed by atoms with van der Waals surface area (Å²) in [4.78, 5) is 0. The standard InChI is InChI=1S/C17H16.4ClH.Zr/c1-12-11-17-15(13(12)2)9-6-10-16(17)14-7-4-3-5-8-14;;;;;/h3-11,13H,1-2H3;4*1H;/q;;;;;+4/p-4. The second kappa shape index (κ2) is 7.86. The topological polar surface area (TPSA) is 0 Å². The predicted octanol–water partition coefficient (Wildman–Crippen LogP) is 7.63. The van der Waals surface area contributed by atoms with Gasteiger partial charge in [0.25, 0.3) is 0 Å². The van der Waals surface area contributed by atoms with Gasteiger partial charge in [-0.05, 0) is 29.2 Å². The molecule has 0 nitrogen and oxygen atoms in total. The van der Waals surface area contributed by atoms with Crippen LogP contribution >= 0.6 is 34.1 Å². The molecule has 0 saturated carbocycles. The van der Waals surface area contributed by atoms with E-state index in [1.807, 2.05) is 0 Å². The number of hydrogen-bond acceptors (Lipinski definition) is 0. The van der Waals surface area contributed by atoms with Crippen molar-refractivity contribution >= 4 is 40.1 Å². The van der Waals surface area contributed by atoms with Gasteiger partial charge < -0.3 is 0 Å². The molecule has 2 aromatic rings. The van der Waals surface area contributed by atoms with Gasteiger partial charge in [-0.25, -0.2) is 0 Å². The molecule has 2 aromatic carbocycles. The van der Waals surface area contributed by atoms with Gasteiger partial charge in [0.1, 0.15) is 0 Å². The van der Waals surface area contributed by atoms with Crippen molar-refractivity contribution in [3.63, 3.8) is 0 Å². The molecule has 0 amide bonds. The second-order valence-corrected chi connectivity index (χ2v) is 27.6. The van der Waals surface area contributed by atoms with Gasteiger partial charge in [0.2, 0.25) is 0 Å². The first-order valence-electron chi connectivity index (χ1n) is 6.89. The quantitative estimate of drug-likeness (QED) is 0.417. The summed E-state index contributed by atoms with van der Waals surface area (Å²) >= 11 is -3.29. The summed E-state index contributed by atoms with van der Waals surface area (Å²) in [6, 6.07) is 17.3. The average molecular weight is 453 g/mol. The molecule has 0 radical (unpaired) electrons. The summed E-state index contributed by atoms with van der Waals surface area (Å²) in [5.74, 6) is 0.564. The Hall–Kier alpha value is 0.223. The van der Waals surface area contributed by atoms with Gasteiger partial charge >= 0.3 is 49.5 Å². The van der Waals surface area contributed by atoms with Gasteiger partial charge in [0.05, 0.1) is 0 Å². The Kier molecular flexibility index (Phi) is 6.63. The van der Waals surface area contributed by atoms with Gasteiger partial charge in [-0.15, -0.1) is 0 Å². The average Bonchev–Trinajstić information content (AvgIpc) is 2.74. The number of allylic oxidation sites excluding steroid dienone is 1. The molecular weight excluding hydrogens is 437 g/mol. The van der Waals surface area contributed by atoms with Crippen LogP contribution in [0.15, 0.2) is 54.1 Å². The molecule has 3 rings (SSSR count). The van der Waals surface area contributed by atoms with Gasteiger partial charge in [-0.2, -0.15) is 0 Å². The van der Waals surface area contributed by atoms with E-state index in [2.05, 4.69) is 68.5 Å².